The molecule has 1 heterocycles. The van der Waals surface area contributed by atoms with Crippen LogP contribution in [0.5, 0.6) is 0 Å². The molecule has 2 rings (SSSR count). The van der Waals surface area contributed by atoms with Gasteiger partial charge in [0.2, 0.25) is 0 Å². The van der Waals surface area contributed by atoms with Crippen LogP contribution in [0.4, 0.5) is 0 Å². The summed E-state index contributed by atoms with van der Waals surface area (Å²) >= 11 is 9.77. The summed E-state index contributed by atoms with van der Waals surface area (Å²) in [7, 11) is 1.97. The molecule has 1 aromatic heterocycles. The number of rotatable bonds is 5. The first kappa shape index (κ1) is 12.4. The second-order valence-electron chi connectivity index (χ2n) is 4.36. The normalized spacial score (nSPS) is 16.1. The van der Waals surface area contributed by atoms with E-state index in [1.165, 1.54) is 12.8 Å². The number of aryl methyl sites for hydroxylation is 2. The highest BCUT2D eigenvalue weighted by atomic mass is 79.9. The molecule has 0 spiro atoms. The summed E-state index contributed by atoms with van der Waals surface area (Å²) in [5.74, 6) is 0. The van der Waals surface area contributed by atoms with Crippen molar-refractivity contribution in [3.05, 3.63) is 16.4 Å². The van der Waals surface area contributed by atoms with Gasteiger partial charge in [-0.3, -0.25) is 9.58 Å². The van der Waals surface area contributed by atoms with Crippen molar-refractivity contribution in [2.45, 2.75) is 32.4 Å². The second-order valence-corrected chi connectivity index (χ2v) is 5.53. The maximum atomic E-state index is 6.26. The molecule has 3 nitrogen and oxygen atoms in total. The molecule has 0 unspecified atom stereocenters. The Kier molecular flexibility index (Phi) is 3.93. The number of hydrogen-bond acceptors (Lipinski definition) is 2. The van der Waals surface area contributed by atoms with Crippen LogP contribution in [0.15, 0.2) is 0 Å². The molecule has 1 aliphatic rings. The average molecular weight is 307 g/mol. The molecule has 16 heavy (non-hydrogen) atoms. The van der Waals surface area contributed by atoms with E-state index in [1.54, 1.807) is 0 Å². The van der Waals surface area contributed by atoms with Gasteiger partial charge in [-0.2, -0.15) is 5.10 Å². The lowest BCUT2D eigenvalue weighted by Crippen LogP contribution is -2.28. The fraction of sp³-hybridized carbons (Fsp3) is 0.727. The number of halogens is 2. The Bertz CT molecular complexity index is 374. The van der Waals surface area contributed by atoms with Gasteiger partial charge in [0.15, 0.2) is 0 Å². The summed E-state index contributed by atoms with van der Waals surface area (Å²) in [4.78, 5) is 2.48. The van der Waals surface area contributed by atoms with Crippen molar-refractivity contribution in [3.8, 4) is 0 Å². The molecule has 1 aromatic rings. The standard InChI is InChI=1S/C11H17BrClN3/c1-8-11(13)10(15(2)14-8)7-16(6-5-12)9-3-4-9/h9H,3-7H2,1-2H3. The summed E-state index contributed by atoms with van der Waals surface area (Å²) in [5, 5.41) is 6.18. The Morgan fingerprint density at radius 2 is 2.25 bits per heavy atom. The van der Waals surface area contributed by atoms with Gasteiger partial charge in [0, 0.05) is 31.5 Å². The van der Waals surface area contributed by atoms with Gasteiger partial charge in [-0.25, -0.2) is 0 Å². The lowest BCUT2D eigenvalue weighted by molar-refractivity contribution is 0.265. The topological polar surface area (TPSA) is 21.1 Å². The van der Waals surface area contributed by atoms with Crippen molar-refractivity contribution >= 4 is 27.5 Å². The molecule has 0 atom stereocenters. The van der Waals surface area contributed by atoms with Crippen LogP contribution in [0, 0.1) is 6.92 Å². The van der Waals surface area contributed by atoms with Gasteiger partial charge < -0.3 is 0 Å². The number of nitrogens with zero attached hydrogens (tertiary/aromatic N) is 3. The van der Waals surface area contributed by atoms with E-state index in [0.29, 0.717) is 0 Å². The zero-order chi connectivity index (χ0) is 11.7. The zero-order valence-electron chi connectivity index (χ0n) is 9.71. The summed E-state index contributed by atoms with van der Waals surface area (Å²) in [6, 6.07) is 0.754. The monoisotopic (exact) mass is 305 g/mol. The van der Waals surface area contributed by atoms with Gasteiger partial charge in [-0.05, 0) is 19.8 Å². The lowest BCUT2D eigenvalue weighted by atomic mass is 10.3. The number of hydrogen-bond donors (Lipinski definition) is 0. The summed E-state index contributed by atoms with van der Waals surface area (Å²) < 4.78 is 1.90. The molecule has 1 saturated carbocycles. The molecule has 0 bridgehead atoms. The predicted octanol–water partition coefficient (Wildman–Crippen LogP) is 2.74. The number of alkyl halides is 1. The van der Waals surface area contributed by atoms with Crippen molar-refractivity contribution in [1.29, 1.82) is 0 Å². The quantitative estimate of drug-likeness (QED) is 0.780. The average Bonchev–Trinajstić information content (AvgIpc) is 3.03. The zero-order valence-corrected chi connectivity index (χ0v) is 12.1. The van der Waals surface area contributed by atoms with Crippen LogP contribution in [0.3, 0.4) is 0 Å². The largest absolute Gasteiger partial charge is 0.294 e. The van der Waals surface area contributed by atoms with E-state index in [4.69, 9.17) is 11.6 Å². The van der Waals surface area contributed by atoms with E-state index in [9.17, 15) is 0 Å². The van der Waals surface area contributed by atoms with E-state index in [1.807, 2.05) is 18.7 Å². The van der Waals surface area contributed by atoms with E-state index >= 15 is 0 Å². The molecule has 90 valence electrons. The highest BCUT2D eigenvalue weighted by molar-refractivity contribution is 9.09. The molecule has 5 heteroatoms. The number of aromatic nitrogens is 2. The van der Waals surface area contributed by atoms with Crippen LogP contribution < -0.4 is 0 Å². The van der Waals surface area contributed by atoms with Gasteiger partial charge in [0.25, 0.3) is 0 Å². The minimum atomic E-state index is 0.754. The molecule has 0 aliphatic heterocycles. The first-order chi connectivity index (χ1) is 7.63. The van der Waals surface area contributed by atoms with E-state index in [2.05, 4.69) is 25.9 Å². The van der Waals surface area contributed by atoms with E-state index < -0.39 is 0 Å². The summed E-state index contributed by atoms with van der Waals surface area (Å²) in [5.41, 5.74) is 2.06. The minimum Gasteiger partial charge on any atom is -0.294 e. The first-order valence-electron chi connectivity index (χ1n) is 5.61. The van der Waals surface area contributed by atoms with Crippen molar-refractivity contribution in [1.82, 2.24) is 14.7 Å². The third-order valence-corrected chi connectivity index (χ3v) is 3.90. The molecule has 0 radical (unpaired) electrons. The highest BCUT2D eigenvalue weighted by Crippen LogP contribution is 2.30. The fourth-order valence-corrected chi connectivity index (χ4v) is 2.66. The van der Waals surface area contributed by atoms with Crippen LogP contribution in [-0.4, -0.2) is 32.6 Å². The molecule has 1 fully saturated rings. The fourth-order valence-electron chi connectivity index (χ4n) is 1.98. The van der Waals surface area contributed by atoms with Crippen LogP contribution >= 0.6 is 27.5 Å². The van der Waals surface area contributed by atoms with Crippen LogP contribution in [0.2, 0.25) is 5.02 Å². The third kappa shape index (κ3) is 2.60. The van der Waals surface area contributed by atoms with E-state index in [0.717, 1.165) is 40.9 Å². The van der Waals surface area contributed by atoms with Crippen LogP contribution in [0.25, 0.3) is 0 Å². The van der Waals surface area contributed by atoms with Gasteiger partial charge in [-0.15, -0.1) is 0 Å². The summed E-state index contributed by atoms with van der Waals surface area (Å²) in [6.45, 7) is 3.94. The SMILES string of the molecule is Cc1nn(C)c(CN(CCBr)C2CC2)c1Cl. The molecule has 0 amide bonds. The predicted molar refractivity (Wildman–Crippen MR) is 70.2 cm³/mol. The molecular formula is C11H17BrClN3. The van der Waals surface area contributed by atoms with Crippen molar-refractivity contribution in [3.63, 3.8) is 0 Å². The first-order valence-corrected chi connectivity index (χ1v) is 7.11. The van der Waals surface area contributed by atoms with E-state index in [-0.39, 0.29) is 0 Å². The molecule has 0 N–H and O–H groups in total. The summed E-state index contributed by atoms with van der Waals surface area (Å²) in [6.07, 6.45) is 2.64. The Hall–Kier alpha value is -0.0600. The highest BCUT2D eigenvalue weighted by Gasteiger charge is 2.29. The van der Waals surface area contributed by atoms with Gasteiger partial charge >= 0.3 is 0 Å². The molecule has 0 saturated heterocycles. The van der Waals surface area contributed by atoms with Gasteiger partial charge in [-0.1, -0.05) is 27.5 Å². The molecular weight excluding hydrogens is 289 g/mol. The Balaban J connectivity index is 2.11. The van der Waals surface area contributed by atoms with Gasteiger partial charge in [0.1, 0.15) is 0 Å². The second kappa shape index (κ2) is 5.07. The van der Waals surface area contributed by atoms with Crippen molar-refractivity contribution in [2.24, 2.45) is 7.05 Å². The Morgan fingerprint density at radius 3 is 2.69 bits per heavy atom. The lowest BCUT2D eigenvalue weighted by Gasteiger charge is -2.20. The minimum absolute atomic E-state index is 0.754. The maximum absolute atomic E-state index is 6.26. The smallest absolute Gasteiger partial charge is 0.0860 e. The third-order valence-electron chi connectivity index (χ3n) is 3.05. The van der Waals surface area contributed by atoms with Crippen molar-refractivity contribution in [2.75, 3.05) is 11.9 Å². The Labute approximate surface area is 110 Å². The maximum Gasteiger partial charge on any atom is 0.0860 e. The van der Waals surface area contributed by atoms with Crippen molar-refractivity contribution < 1.29 is 0 Å². The van der Waals surface area contributed by atoms with Gasteiger partial charge in [0.05, 0.1) is 16.4 Å². The molecule has 1 aliphatic carbocycles. The Morgan fingerprint density at radius 1 is 1.56 bits per heavy atom. The van der Waals surface area contributed by atoms with Crippen LogP contribution in [0.1, 0.15) is 24.2 Å². The molecule has 0 aromatic carbocycles. The van der Waals surface area contributed by atoms with Crippen LogP contribution in [-0.2, 0) is 13.6 Å².